The Hall–Kier alpha value is -0.250. The molecule has 0 heterocycles. The van der Waals surface area contributed by atoms with E-state index in [1.165, 1.54) is 18.2 Å². The molecule has 0 aromatic rings. The summed E-state index contributed by atoms with van der Waals surface area (Å²) in [5.74, 6) is 0. The minimum Gasteiger partial charge on any atom is -0.308 e. The normalized spacial score (nSPS) is 15.9. The standard InChI is InChI=1S/C16H33N4P/c1-17(2)12-14-19(5)21(16-10-8-7-9-11-16)20(6)15-13-18(3)4/h8,10-11H,7,9,12-15H2,1-6H3. The van der Waals surface area contributed by atoms with E-state index < -0.39 is 0 Å². The van der Waals surface area contributed by atoms with Crippen LogP contribution >= 0.6 is 8.22 Å². The second-order valence-corrected chi connectivity index (χ2v) is 8.73. The minimum atomic E-state index is -0.375. The van der Waals surface area contributed by atoms with Crippen molar-refractivity contribution in [3.63, 3.8) is 0 Å². The first kappa shape index (κ1) is 18.8. The number of likely N-dealkylation sites (N-methyl/N-ethyl adjacent to an activating group) is 4. The number of nitrogens with zero attached hydrogens (tertiary/aromatic N) is 4. The van der Waals surface area contributed by atoms with Crippen LogP contribution in [0.3, 0.4) is 0 Å². The van der Waals surface area contributed by atoms with E-state index in [0.29, 0.717) is 0 Å². The second kappa shape index (κ2) is 9.70. The Balaban J connectivity index is 2.73. The molecule has 122 valence electrons. The van der Waals surface area contributed by atoms with Gasteiger partial charge in [-0.3, -0.25) is 9.34 Å². The molecule has 0 fully saturated rings. The van der Waals surface area contributed by atoms with E-state index in [0.717, 1.165) is 26.2 Å². The van der Waals surface area contributed by atoms with E-state index >= 15 is 0 Å². The van der Waals surface area contributed by atoms with E-state index in [9.17, 15) is 0 Å². The van der Waals surface area contributed by atoms with Crippen LogP contribution in [-0.2, 0) is 0 Å². The molecule has 4 nitrogen and oxygen atoms in total. The lowest BCUT2D eigenvalue weighted by molar-refractivity contribution is 0.343. The zero-order valence-corrected chi connectivity index (χ0v) is 15.6. The van der Waals surface area contributed by atoms with E-state index in [-0.39, 0.29) is 8.22 Å². The number of rotatable bonds is 9. The highest BCUT2D eigenvalue weighted by atomic mass is 31.1. The predicted octanol–water partition coefficient (Wildman–Crippen LogP) is 2.52. The summed E-state index contributed by atoms with van der Waals surface area (Å²) in [5.41, 5.74) is 0. The van der Waals surface area contributed by atoms with Gasteiger partial charge in [-0.15, -0.1) is 0 Å². The summed E-state index contributed by atoms with van der Waals surface area (Å²) >= 11 is 0. The Bertz CT molecular complexity index is 334. The molecule has 0 atom stereocenters. The van der Waals surface area contributed by atoms with Crippen LogP contribution in [0, 0.1) is 0 Å². The van der Waals surface area contributed by atoms with Gasteiger partial charge in [-0.05, 0) is 55.1 Å². The van der Waals surface area contributed by atoms with Gasteiger partial charge in [0, 0.05) is 31.5 Å². The van der Waals surface area contributed by atoms with Crippen molar-refractivity contribution in [1.82, 2.24) is 19.1 Å². The monoisotopic (exact) mass is 312 g/mol. The van der Waals surface area contributed by atoms with Crippen molar-refractivity contribution in [3.05, 3.63) is 23.5 Å². The largest absolute Gasteiger partial charge is 0.308 e. The number of hydrogen-bond donors (Lipinski definition) is 0. The van der Waals surface area contributed by atoms with Crippen LogP contribution in [0.25, 0.3) is 0 Å². The van der Waals surface area contributed by atoms with E-state index in [2.05, 4.69) is 79.7 Å². The highest BCUT2D eigenvalue weighted by Crippen LogP contribution is 2.51. The SMILES string of the molecule is CN(C)CCN(C)P(C1=CCCC=C1)N(C)CCN(C)C. The molecule has 0 spiro atoms. The second-order valence-electron chi connectivity index (χ2n) is 6.27. The highest BCUT2D eigenvalue weighted by molar-refractivity contribution is 7.57. The molecule has 0 aromatic carbocycles. The molecule has 1 aliphatic carbocycles. The number of allylic oxidation sites excluding steroid dienone is 4. The Kier molecular flexibility index (Phi) is 8.69. The lowest BCUT2D eigenvalue weighted by Gasteiger charge is -2.37. The Morgan fingerprint density at radius 2 is 1.33 bits per heavy atom. The minimum absolute atomic E-state index is 0.375. The van der Waals surface area contributed by atoms with Crippen LogP contribution < -0.4 is 0 Å². The summed E-state index contributed by atoms with van der Waals surface area (Å²) in [6.07, 6.45) is 9.48. The third kappa shape index (κ3) is 7.03. The van der Waals surface area contributed by atoms with Crippen molar-refractivity contribution in [2.24, 2.45) is 0 Å². The molecule has 0 aliphatic heterocycles. The van der Waals surface area contributed by atoms with Gasteiger partial charge in [0.15, 0.2) is 0 Å². The fourth-order valence-electron chi connectivity index (χ4n) is 2.28. The van der Waals surface area contributed by atoms with Crippen LogP contribution in [0.15, 0.2) is 23.5 Å². The molecule has 0 radical (unpaired) electrons. The molecule has 0 saturated heterocycles. The molecule has 0 aromatic heterocycles. The Labute approximate surface area is 132 Å². The van der Waals surface area contributed by atoms with Crippen LogP contribution in [0.4, 0.5) is 0 Å². The maximum Gasteiger partial charge on any atom is 0.0716 e. The molecule has 1 aliphatic rings. The maximum absolute atomic E-state index is 2.53. The van der Waals surface area contributed by atoms with Crippen LogP contribution in [-0.4, -0.2) is 87.6 Å². The van der Waals surface area contributed by atoms with Crippen LogP contribution in [0.2, 0.25) is 0 Å². The van der Waals surface area contributed by atoms with Gasteiger partial charge in [0.05, 0.1) is 8.22 Å². The average molecular weight is 312 g/mol. The third-order valence-electron chi connectivity index (χ3n) is 3.59. The van der Waals surface area contributed by atoms with Crippen molar-refractivity contribution in [2.45, 2.75) is 12.8 Å². The molecule has 0 bridgehead atoms. The number of hydrogen-bond acceptors (Lipinski definition) is 4. The zero-order chi connectivity index (χ0) is 15.8. The zero-order valence-electron chi connectivity index (χ0n) is 14.7. The molecular weight excluding hydrogens is 279 g/mol. The topological polar surface area (TPSA) is 13.0 Å². The first-order chi connectivity index (χ1) is 9.91. The molecular formula is C16H33N4P. The van der Waals surface area contributed by atoms with Crippen molar-refractivity contribution in [2.75, 3.05) is 68.5 Å². The lowest BCUT2D eigenvalue weighted by Crippen LogP contribution is -2.33. The van der Waals surface area contributed by atoms with E-state index in [4.69, 9.17) is 0 Å². The van der Waals surface area contributed by atoms with E-state index in [1.54, 1.807) is 0 Å². The van der Waals surface area contributed by atoms with Gasteiger partial charge in [0.2, 0.25) is 0 Å². The van der Waals surface area contributed by atoms with Gasteiger partial charge < -0.3 is 9.80 Å². The van der Waals surface area contributed by atoms with Gasteiger partial charge in [0.25, 0.3) is 0 Å². The Morgan fingerprint density at radius 3 is 1.71 bits per heavy atom. The van der Waals surface area contributed by atoms with Crippen molar-refractivity contribution in [3.8, 4) is 0 Å². The maximum atomic E-state index is 2.53. The fourth-order valence-corrected chi connectivity index (χ4v) is 4.68. The molecule has 0 saturated carbocycles. The smallest absolute Gasteiger partial charge is 0.0716 e. The van der Waals surface area contributed by atoms with Gasteiger partial charge in [0.1, 0.15) is 0 Å². The molecule has 0 N–H and O–H groups in total. The fraction of sp³-hybridized carbons (Fsp3) is 0.750. The van der Waals surface area contributed by atoms with Crippen molar-refractivity contribution >= 4 is 8.22 Å². The highest BCUT2D eigenvalue weighted by Gasteiger charge is 2.23. The summed E-state index contributed by atoms with van der Waals surface area (Å²) in [4.78, 5) is 4.52. The Morgan fingerprint density at radius 1 is 0.810 bits per heavy atom. The molecule has 1 rings (SSSR count). The quantitative estimate of drug-likeness (QED) is 0.607. The summed E-state index contributed by atoms with van der Waals surface area (Å²) in [6, 6.07) is 0. The summed E-state index contributed by atoms with van der Waals surface area (Å²) in [5, 5.41) is 1.51. The first-order valence-corrected chi connectivity index (χ1v) is 9.05. The molecule has 0 unspecified atom stereocenters. The van der Waals surface area contributed by atoms with Gasteiger partial charge >= 0.3 is 0 Å². The van der Waals surface area contributed by atoms with Gasteiger partial charge in [-0.25, -0.2) is 0 Å². The first-order valence-electron chi connectivity index (χ1n) is 7.80. The summed E-state index contributed by atoms with van der Waals surface area (Å²) in [7, 11) is 12.7. The predicted molar refractivity (Wildman–Crippen MR) is 95.7 cm³/mol. The van der Waals surface area contributed by atoms with Crippen LogP contribution in [0.1, 0.15) is 12.8 Å². The van der Waals surface area contributed by atoms with Gasteiger partial charge in [-0.1, -0.05) is 18.2 Å². The molecule has 5 heteroatoms. The lowest BCUT2D eigenvalue weighted by atomic mass is 10.2. The third-order valence-corrected chi connectivity index (χ3v) is 6.08. The van der Waals surface area contributed by atoms with E-state index in [1.807, 2.05) is 0 Å². The molecule has 0 amide bonds. The summed E-state index contributed by atoms with van der Waals surface area (Å²) < 4.78 is 5.07. The van der Waals surface area contributed by atoms with Gasteiger partial charge in [-0.2, -0.15) is 0 Å². The van der Waals surface area contributed by atoms with Crippen LogP contribution in [0.5, 0.6) is 0 Å². The van der Waals surface area contributed by atoms with Crippen molar-refractivity contribution in [1.29, 1.82) is 0 Å². The van der Waals surface area contributed by atoms with Crippen molar-refractivity contribution < 1.29 is 0 Å². The average Bonchev–Trinajstić information content (AvgIpc) is 2.44. The molecule has 21 heavy (non-hydrogen) atoms. The summed E-state index contributed by atoms with van der Waals surface area (Å²) in [6.45, 7) is 4.42.